The van der Waals surface area contributed by atoms with Crippen molar-refractivity contribution in [3.05, 3.63) is 70.1 Å². The number of pyridine rings is 1. The minimum absolute atomic E-state index is 0.119. The van der Waals surface area contributed by atoms with Gasteiger partial charge in [-0.05, 0) is 37.4 Å². The number of benzene rings is 2. The van der Waals surface area contributed by atoms with Crippen LogP contribution in [0.3, 0.4) is 0 Å². The second-order valence-corrected chi connectivity index (χ2v) is 8.96. The molecule has 0 spiro atoms. The molecule has 2 aromatic carbocycles. The third-order valence-electron chi connectivity index (χ3n) is 5.29. The SMILES string of the molecule is CO.COc1cc(-n2ccc3nc(-c4ccc(Cl)cc4)sc3c2=O)ccc1OC1CN(C)C1. The third-order valence-corrected chi connectivity index (χ3v) is 6.65. The molecule has 1 fully saturated rings. The van der Waals surface area contributed by atoms with Crippen molar-refractivity contribution in [2.75, 3.05) is 34.4 Å². The first-order valence-corrected chi connectivity index (χ1v) is 11.5. The van der Waals surface area contributed by atoms with Gasteiger partial charge in [-0.1, -0.05) is 23.7 Å². The summed E-state index contributed by atoms with van der Waals surface area (Å²) in [6, 6.07) is 14.9. The quantitative estimate of drug-likeness (QED) is 0.459. The van der Waals surface area contributed by atoms with E-state index in [0.29, 0.717) is 32.4 Å². The Balaban J connectivity index is 0.00000126. The Morgan fingerprint density at radius 3 is 2.48 bits per heavy atom. The number of aliphatic hydroxyl groups is 1. The second-order valence-electron chi connectivity index (χ2n) is 7.53. The van der Waals surface area contributed by atoms with E-state index in [2.05, 4.69) is 16.9 Å². The van der Waals surface area contributed by atoms with Crippen LogP contribution < -0.4 is 15.0 Å². The Morgan fingerprint density at radius 2 is 1.82 bits per heavy atom. The zero-order chi connectivity index (χ0) is 23.5. The zero-order valence-corrected chi connectivity index (χ0v) is 20.1. The summed E-state index contributed by atoms with van der Waals surface area (Å²) >= 11 is 7.36. The molecule has 1 saturated heterocycles. The van der Waals surface area contributed by atoms with E-state index in [4.69, 9.17) is 26.2 Å². The maximum atomic E-state index is 13.2. The molecule has 172 valence electrons. The van der Waals surface area contributed by atoms with E-state index in [1.165, 1.54) is 11.3 Å². The molecule has 0 radical (unpaired) electrons. The standard InChI is InChI=1S/C23H20ClN3O3S.CH4O/c1-26-12-17(13-26)30-19-8-7-16(11-20(19)29-2)27-10-9-18-21(23(27)28)31-22(25-18)14-3-5-15(24)6-4-14;1-2/h3-11,17H,12-13H2,1-2H3;2H,1H3. The summed E-state index contributed by atoms with van der Waals surface area (Å²) in [5, 5.41) is 8.45. The van der Waals surface area contributed by atoms with Crippen LogP contribution in [0.5, 0.6) is 11.5 Å². The molecule has 7 nitrogen and oxygen atoms in total. The van der Waals surface area contributed by atoms with Crippen molar-refractivity contribution >= 4 is 33.2 Å². The molecule has 1 N–H and O–H groups in total. The van der Waals surface area contributed by atoms with Gasteiger partial charge in [0.15, 0.2) is 11.5 Å². The summed E-state index contributed by atoms with van der Waals surface area (Å²) in [5.74, 6) is 1.28. The molecule has 1 aliphatic heterocycles. The molecule has 4 aromatic rings. The third kappa shape index (κ3) is 4.74. The number of fused-ring (bicyclic) bond motifs is 1. The molecule has 0 saturated carbocycles. The highest BCUT2D eigenvalue weighted by atomic mass is 35.5. The van der Waals surface area contributed by atoms with Crippen LogP contribution in [0.1, 0.15) is 0 Å². The number of aliphatic hydroxyl groups excluding tert-OH is 1. The van der Waals surface area contributed by atoms with Gasteiger partial charge in [0.05, 0.1) is 18.3 Å². The summed E-state index contributed by atoms with van der Waals surface area (Å²) in [6.45, 7) is 1.78. The van der Waals surface area contributed by atoms with Crippen molar-refractivity contribution in [1.82, 2.24) is 14.5 Å². The van der Waals surface area contributed by atoms with E-state index in [-0.39, 0.29) is 11.7 Å². The fourth-order valence-corrected chi connectivity index (χ4v) is 4.76. The van der Waals surface area contributed by atoms with Gasteiger partial charge < -0.3 is 14.6 Å². The Morgan fingerprint density at radius 1 is 1.09 bits per heavy atom. The van der Waals surface area contributed by atoms with Crippen LogP contribution >= 0.6 is 22.9 Å². The first kappa shape index (κ1) is 23.3. The lowest BCUT2D eigenvalue weighted by Gasteiger charge is -2.36. The Hall–Kier alpha value is -2.91. The van der Waals surface area contributed by atoms with Crippen LogP contribution in [0.2, 0.25) is 5.02 Å². The number of hydrogen-bond donors (Lipinski definition) is 1. The van der Waals surface area contributed by atoms with Gasteiger partial charge in [0.25, 0.3) is 5.56 Å². The number of likely N-dealkylation sites (N-methyl/N-ethyl adjacent to an activating group) is 1. The fraction of sp³-hybridized carbons (Fsp3) is 0.250. The van der Waals surface area contributed by atoms with Crippen LogP contribution in [-0.2, 0) is 0 Å². The Bertz CT molecular complexity index is 1310. The number of thiazole rings is 1. The predicted octanol–water partition coefficient (Wildman–Crippen LogP) is 4.08. The van der Waals surface area contributed by atoms with Crippen molar-refractivity contribution in [3.63, 3.8) is 0 Å². The lowest BCUT2D eigenvalue weighted by Crippen LogP contribution is -2.51. The van der Waals surface area contributed by atoms with Crippen molar-refractivity contribution < 1.29 is 14.6 Å². The van der Waals surface area contributed by atoms with E-state index in [1.54, 1.807) is 17.9 Å². The Labute approximate surface area is 200 Å². The van der Waals surface area contributed by atoms with Crippen molar-refractivity contribution in [2.45, 2.75) is 6.10 Å². The van der Waals surface area contributed by atoms with Gasteiger partial charge in [-0.25, -0.2) is 4.98 Å². The first-order chi connectivity index (χ1) is 16.0. The zero-order valence-electron chi connectivity index (χ0n) is 18.5. The van der Waals surface area contributed by atoms with Gasteiger partial charge in [0.1, 0.15) is 15.8 Å². The van der Waals surface area contributed by atoms with Gasteiger partial charge in [0.2, 0.25) is 0 Å². The van der Waals surface area contributed by atoms with E-state index in [9.17, 15) is 4.79 Å². The van der Waals surface area contributed by atoms with E-state index >= 15 is 0 Å². The molecule has 0 aliphatic carbocycles. The normalized spacial score (nSPS) is 13.8. The van der Waals surface area contributed by atoms with E-state index in [1.807, 2.05) is 48.5 Å². The number of likely N-dealkylation sites (tertiary alicyclic amines) is 1. The molecule has 1 aliphatic rings. The first-order valence-electron chi connectivity index (χ1n) is 10.3. The highest BCUT2D eigenvalue weighted by Crippen LogP contribution is 2.32. The Kier molecular flexibility index (Phi) is 6.99. The molecule has 0 atom stereocenters. The molecule has 0 bridgehead atoms. The average molecular weight is 486 g/mol. The smallest absolute Gasteiger partial charge is 0.274 e. The summed E-state index contributed by atoms with van der Waals surface area (Å²) in [7, 11) is 4.66. The van der Waals surface area contributed by atoms with Gasteiger partial charge in [-0.3, -0.25) is 14.3 Å². The minimum atomic E-state index is -0.119. The molecule has 33 heavy (non-hydrogen) atoms. The molecule has 0 unspecified atom stereocenters. The number of nitrogens with zero attached hydrogens (tertiary/aromatic N) is 3. The van der Waals surface area contributed by atoms with Gasteiger partial charge >= 0.3 is 0 Å². The summed E-state index contributed by atoms with van der Waals surface area (Å²) in [4.78, 5) is 20.0. The number of halogens is 1. The molecule has 9 heteroatoms. The van der Waals surface area contributed by atoms with Crippen LogP contribution in [0, 0.1) is 0 Å². The van der Waals surface area contributed by atoms with Crippen LogP contribution in [0.15, 0.2) is 59.5 Å². The number of hydrogen-bond acceptors (Lipinski definition) is 7. The van der Waals surface area contributed by atoms with E-state index in [0.717, 1.165) is 30.8 Å². The van der Waals surface area contributed by atoms with Gasteiger partial charge in [-0.2, -0.15) is 0 Å². The molecular weight excluding hydrogens is 462 g/mol. The van der Waals surface area contributed by atoms with Gasteiger partial charge in [-0.15, -0.1) is 11.3 Å². The molecule has 0 amide bonds. The summed E-state index contributed by atoms with van der Waals surface area (Å²) in [6.07, 6.45) is 1.90. The number of ether oxygens (including phenoxy) is 2. The average Bonchev–Trinajstić information content (AvgIpc) is 3.26. The number of aromatic nitrogens is 2. The van der Waals surface area contributed by atoms with Crippen LogP contribution in [-0.4, -0.2) is 60.0 Å². The monoisotopic (exact) mass is 485 g/mol. The topological polar surface area (TPSA) is 76.8 Å². The summed E-state index contributed by atoms with van der Waals surface area (Å²) in [5.41, 5.74) is 2.20. The predicted molar refractivity (Wildman–Crippen MR) is 132 cm³/mol. The fourth-order valence-electron chi connectivity index (χ4n) is 3.64. The van der Waals surface area contributed by atoms with Crippen molar-refractivity contribution in [2.24, 2.45) is 0 Å². The lowest BCUT2D eigenvalue weighted by atomic mass is 10.2. The maximum absolute atomic E-state index is 13.2. The number of methoxy groups -OCH3 is 1. The maximum Gasteiger partial charge on any atom is 0.274 e. The van der Waals surface area contributed by atoms with Crippen molar-refractivity contribution in [3.8, 4) is 27.8 Å². The molecule has 5 rings (SSSR count). The lowest BCUT2D eigenvalue weighted by molar-refractivity contribution is 0.0370. The largest absolute Gasteiger partial charge is 0.493 e. The minimum Gasteiger partial charge on any atom is -0.493 e. The van der Waals surface area contributed by atoms with Crippen LogP contribution in [0.25, 0.3) is 26.5 Å². The van der Waals surface area contributed by atoms with Crippen molar-refractivity contribution in [1.29, 1.82) is 0 Å². The molecule has 2 aromatic heterocycles. The van der Waals surface area contributed by atoms with E-state index < -0.39 is 0 Å². The van der Waals surface area contributed by atoms with Gasteiger partial charge in [0, 0.05) is 43.0 Å². The summed E-state index contributed by atoms with van der Waals surface area (Å²) < 4.78 is 13.8. The molecular formula is C24H24ClN3O4S. The number of rotatable bonds is 5. The molecule has 3 heterocycles. The second kappa shape index (κ2) is 9.93. The van der Waals surface area contributed by atoms with Crippen LogP contribution in [0.4, 0.5) is 0 Å². The highest BCUT2D eigenvalue weighted by Gasteiger charge is 2.26. The highest BCUT2D eigenvalue weighted by molar-refractivity contribution is 7.21.